The molecule has 17 heterocycles. The molecule has 13 aromatic heterocycles. The van der Waals surface area contributed by atoms with E-state index >= 15 is 8.78 Å². The van der Waals surface area contributed by atoms with Crippen molar-refractivity contribution in [2.75, 3.05) is 115 Å². The third kappa shape index (κ3) is 15.5. The van der Waals surface area contributed by atoms with Crippen molar-refractivity contribution in [3.05, 3.63) is 150 Å². The maximum atomic E-state index is 15.2. The number of hydrogen-bond donors (Lipinski definition) is 13. The molecule has 140 heavy (non-hydrogen) atoms. The van der Waals surface area contributed by atoms with Crippen LogP contribution in [-0.4, -0.2) is 214 Å². The maximum absolute atomic E-state index is 15.2. The maximum Gasteiger partial charge on any atom is 0.326 e. The molecule has 4 aromatic carbocycles. The molecular formula is C94H95ClF6N34O5. The Morgan fingerprint density at radius 2 is 0.921 bits per heavy atom. The number of aliphatic hydroxyl groups is 1. The van der Waals surface area contributed by atoms with Crippen LogP contribution in [0.25, 0.3) is 93.4 Å². The molecule has 25 rings (SSSR count). The van der Waals surface area contributed by atoms with Crippen LogP contribution in [0.5, 0.6) is 47.0 Å². The van der Waals surface area contributed by atoms with E-state index in [4.69, 9.17) is 68.7 Å². The van der Waals surface area contributed by atoms with Crippen molar-refractivity contribution in [3.63, 3.8) is 0 Å². The van der Waals surface area contributed by atoms with Gasteiger partial charge in [0.05, 0.1) is 144 Å². The average molecular weight is 1930 g/mol. The number of nitrogens with two attached hydrogens (primary N) is 4. The highest BCUT2D eigenvalue weighted by Crippen LogP contribution is 2.55. The Labute approximate surface area is 796 Å². The number of rotatable bonds is 18. The van der Waals surface area contributed by atoms with Crippen molar-refractivity contribution in [2.45, 2.75) is 127 Å². The molecule has 17 aromatic rings. The molecule has 17 N–H and O–H groups in total. The normalized spacial score (nSPS) is 21.3. The van der Waals surface area contributed by atoms with Crippen LogP contribution in [0.15, 0.2) is 92.2 Å². The summed E-state index contributed by atoms with van der Waals surface area (Å²) >= 11 is 6.48. The van der Waals surface area contributed by atoms with Gasteiger partial charge in [0.15, 0.2) is 57.7 Å². The number of nitrogens with zero attached hydrogens (tertiary/aromatic N) is 22. The van der Waals surface area contributed by atoms with Crippen molar-refractivity contribution < 1.29 is 50.4 Å². The van der Waals surface area contributed by atoms with Gasteiger partial charge in [-0.05, 0) is 103 Å². The van der Waals surface area contributed by atoms with E-state index in [9.17, 15) is 22.7 Å². The average Bonchev–Trinajstić information content (AvgIpc) is 1.35. The summed E-state index contributed by atoms with van der Waals surface area (Å²) < 4.78 is 114. The zero-order valence-electron chi connectivity index (χ0n) is 76.7. The summed E-state index contributed by atoms with van der Waals surface area (Å²) in [5.74, 6) is 0.260. The first-order valence-electron chi connectivity index (χ1n) is 46.0. The molecule has 3 spiro atoms. The Morgan fingerprint density at radius 1 is 0.493 bits per heavy atom. The molecule has 46 heteroatoms. The van der Waals surface area contributed by atoms with Gasteiger partial charge in [0.25, 0.3) is 0 Å². The predicted octanol–water partition coefficient (Wildman–Crippen LogP) is 14.2. The second-order valence-electron chi connectivity index (χ2n) is 37.3. The smallest absolute Gasteiger partial charge is 0.326 e. The van der Waals surface area contributed by atoms with Crippen LogP contribution in [0.4, 0.5) is 72.4 Å². The summed E-state index contributed by atoms with van der Waals surface area (Å²) in [5.41, 5.74) is 32.0. The molecule has 4 saturated carbocycles. The molecule has 4 aliphatic carbocycles. The Kier molecular flexibility index (Phi) is 22.5. The molecule has 39 nitrogen and oxygen atoms in total. The van der Waals surface area contributed by atoms with Crippen molar-refractivity contribution in [1.82, 2.24) is 104 Å². The number of fused-ring (bicyclic) bond motifs is 15. The van der Waals surface area contributed by atoms with Crippen LogP contribution in [-0.2, 0) is 0 Å². The molecule has 1 unspecified atom stereocenters. The zero-order chi connectivity index (χ0) is 97.0. The topological polar surface area (TPSA) is 520 Å². The van der Waals surface area contributed by atoms with Crippen LogP contribution in [0.1, 0.15) is 108 Å². The molecule has 0 radical (unpaired) electrons. The number of benzene rings is 4. The Hall–Kier alpha value is -15.0. The zero-order valence-corrected chi connectivity index (χ0v) is 77.4. The molecule has 0 amide bonds. The number of H-pyrrole nitrogens is 4. The number of ether oxygens (including phenoxy) is 4. The van der Waals surface area contributed by atoms with Crippen molar-refractivity contribution >= 4 is 151 Å². The van der Waals surface area contributed by atoms with E-state index in [-0.39, 0.29) is 104 Å². The number of anilines is 8. The Morgan fingerprint density at radius 3 is 1.37 bits per heavy atom. The minimum atomic E-state index is -0.967. The molecular weight excluding hydrogens is 1830 g/mol. The monoisotopic (exact) mass is 1930 g/mol. The summed E-state index contributed by atoms with van der Waals surface area (Å²) in [4.78, 5) is 87.6. The van der Waals surface area contributed by atoms with Gasteiger partial charge in [-0.25, -0.2) is 65.7 Å². The van der Waals surface area contributed by atoms with Gasteiger partial charge < -0.3 is 108 Å². The van der Waals surface area contributed by atoms with Gasteiger partial charge in [0.2, 0.25) is 0 Å². The summed E-state index contributed by atoms with van der Waals surface area (Å²) in [6, 6.07) is 11.6. The number of aromatic amines is 4. The van der Waals surface area contributed by atoms with E-state index < -0.39 is 41.1 Å². The van der Waals surface area contributed by atoms with Crippen molar-refractivity contribution in [2.24, 2.45) is 45.1 Å². The quantitative estimate of drug-likeness (QED) is 0.0355. The standard InChI is InChI=1S/C24H26F2N8O2.C24H24FN9O.C23H21ClFN9O.C23H24F2N8O/c1-11(35)20-29-8-12(9-30-20)36-23-32-21-17(16-18(26)13(25)7-14(28-2)19(16)31-21)22(33-23)34-6-5-24(10-34)4-3-15(24)27;1-11(7-26)21-29-8-15(9-30-21)35-24-32-22-19(16-4-13(25)5-18(28-2)20(16)31-22)23(33-24)34-10-12-3-14(34)6-17(12)27;1-27-13-6-12(25)18(24)16-17-20(30-19(13)16)31-22(35-11-7-28-15-3-5-29-34(15)8-11)32-21(17)33-9-23(10-33)4-2-14(23)26;1-11-28-8-12(9-29-11)34-22-31-20-17(16-18(25)13(24)7-14(27-2)19(16)30-20)21(32-22)33-6-5-23(10-33)4-3-15(23)26/h7-9,11,15,28,35H,3-6,10,27H2,1-2H3,(H,31,32,33);4-5,8-9,11-12,14,17,28H,3,6,10,27H2,1-2H3,(H,31,32,33);3,5-8,14,27H,2,4,9-10,26H2,1H3,(H,30,31,32);7-9,15,27H,3-6,10,26H2,1-2H3,(H,30,31,32)/t11-,15+,24+;11?,12-,14-,17-;14-;15-,23-/m0101/s1. The van der Waals surface area contributed by atoms with Crippen LogP contribution in [0, 0.1) is 75.3 Å². The van der Waals surface area contributed by atoms with E-state index in [0.717, 1.165) is 107 Å². The number of aliphatic hydroxyl groups excluding tert-OH is 1. The minimum absolute atomic E-state index is 0.00296. The second-order valence-corrected chi connectivity index (χ2v) is 37.7. The lowest BCUT2D eigenvalue weighted by Gasteiger charge is -2.60. The Balaban J connectivity index is 0.000000107. The number of aromatic nitrogens is 21. The van der Waals surface area contributed by atoms with Crippen LogP contribution in [0.2, 0.25) is 5.02 Å². The summed E-state index contributed by atoms with van der Waals surface area (Å²) in [6.45, 7) is 10.1. The van der Waals surface area contributed by atoms with Gasteiger partial charge in [0, 0.05) is 155 Å². The second kappa shape index (κ2) is 34.9. The van der Waals surface area contributed by atoms with E-state index in [1.54, 1.807) is 78.1 Å². The van der Waals surface area contributed by atoms with Gasteiger partial charge >= 0.3 is 24.0 Å². The van der Waals surface area contributed by atoms with Gasteiger partial charge in [-0.15, -0.1) is 0 Å². The summed E-state index contributed by atoms with van der Waals surface area (Å²) in [7, 11) is 6.76. The first kappa shape index (κ1) is 90.2. The number of nitrogens with one attached hydrogen (secondary N) is 8. The fourth-order valence-electron chi connectivity index (χ4n) is 21.1. The van der Waals surface area contributed by atoms with Gasteiger partial charge in [-0.1, -0.05) is 11.6 Å². The van der Waals surface area contributed by atoms with Crippen LogP contribution >= 0.6 is 11.6 Å². The van der Waals surface area contributed by atoms with Crippen LogP contribution < -0.4 is 82.7 Å². The molecule has 8 fully saturated rings. The van der Waals surface area contributed by atoms with Gasteiger partial charge in [-0.2, -0.15) is 50.2 Å². The van der Waals surface area contributed by atoms with Gasteiger partial charge in [0.1, 0.15) is 81.2 Å². The predicted molar refractivity (Wildman–Crippen MR) is 514 cm³/mol. The molecule has 10 atom stereocenters. The first-order valence-corrected chi connectivity index (χ1v) is 46.4. The molecule has 4 saturated heterocycles. The van der Waals surface area contributed by atoms with E-state index in [0.29, 0.717) is 179 Å². The molecule has 2 bridgehead atoms. The summed E-state index contributed by atoms with van der Waals surface area (Å²) in [5, 5.41) is 38.5. The highest BCUT2D eigenvalue weighted by Gasteiger charge is 2.55. The van der Waals surface area contributed by atoms with Gasteiger partial charge in [-0.3, -0.25) is 0 Å². The third-order valence-corrected chi connectivity index (χ3v) is 29.5. The fraction of sp³-hybridized carbons (Fsp3) is 0.372. The van der Waals surface area contributed by atoms with Crippen molar-refractivity contribution in [1.29, 1.82) is 5.26 Å². The number of hydrogen-bond acceptors (Lipinski definition) is 34. The van der Waals surface area contributed by atoms with E-state index in [1.165, 1.54) is 55.4 Å². The number of nitriles is 1. The molecule has 8 aliphatic rings. The number of aryl methyl sites for hydroxylation is 1. The minimum Gasteiger partial charge on any atom is -0.421 e. The van der Waals surface area contributed by atoms with E-state index in [1.807, 2.05) is 0 Å². The van der Waals surface area contributed by atoms with E-state index in [2.05, 4.69) is 137 Å². The number of halogens is 7. The lowest BCUT2D eigenvalue weighted by molar-refractivity contribution is 0.0559. The molecule has 4 aliphatic heterocycles. The number of piperidine rings is 1. The summed E-state index contributed by atoms with van der Waals surface area (Å²) in [6.07, 6.45) is 22.9. The highest BCUT2D eigenvalue weighted by molar-refractivity contribution is 6.39. The molecule has 720 valence electrons. The Bertz CT molecular complexity index is 7840. The SMILES string of the molecule is CNc1cc(F)c(Cl)c2c1[nH]c1nc(Oc3cnc4ccnn4c3)nc(N3CC4(CC[C@@H]4N)C3)c12.CNc1cc(F)c(F)c2c1[nH]c1nc(Oc3cnc(C)nc3)nc(N3CC[C@]4(CC[C@H]4N)C3)c12.CNc1cc(F)c(F)c2c1[nH]c1nc(Oc3cnc([C@H](C)O)nc3)nc(N3CC[C@]4(CC[C@H]4N)C3)c12.CNc1cc(F)cc2c1[nH]c1nc(Oc3cnc(C(C)C#N)nc3)nc(N3C[C@H]4C[C@@H]3C[C@H]4N)c12. The highest BCUT2D eigenvalue weighted by atomic mass is 35.5. The van der Waals surface area contributed by atoms with Crippen molar-refractivity contribution in [3.8, 4) is 53.1 Å². The largest absolute Gasteiger partial charge is 0.421 e. The lowest BCUT2D eigenvalue weighted by Crippen LogP contribution is -2.69. The van der Waals surface area contributed by atoms with Crippen LogP contribution in [0.3, 0.4) is 0 Å². The first-order chi connectivity index (χ1) is 67.6. The third-order valence-electron chi connectivity index (χ3n) is 29.1. The fourth-order valence-corrected chi connectivity index (χ4v) is 21.3. The lowest BCUT2D eigenvalue weighted by atomic mass is 9.60.